The van der Waals surface area contributed by atoms with Gasteiger partial charge in [-0.2, -0.15) is 5.06 Å². The monoisotopic (exact) mass is 438 g/mol. The number of phenols is 1. The molecule has 2 N–H and O–H groups in total. The van der Waals surface area contributed by atoms with Gasteiger partial charge in [-0.25, -0.2) is 0 Å². The van der Waals surface area contributed by atoms with E-state index < -0.39 is 5.60 Å². The zero-order valence-electron chi connectivity index (χ0n) is 19.2. The first-order valence-corrected chi connectivity index (χ1v) is 11.0. The van der Waals surface area contributed by atoms with Gasteiger partial charge in [0.05, 0.1) is 18.7 Å². The van der Waals surface area contributed by atoms with Crippen LogP contribution in [0.2, 0.25) is 0 Å². The molecule has 1 fully saturated rings. The molecule has 1 aromatic carbocycles. The van der Waals surface area contributed by atoms with E-state index >= 15 is 0 Å². The molecular weight excluding hydrogens is 408 g/mol. The Labute approximate surface area is 188 Å². The van der Waals surface area contributed by atoms with Gasteiger partial charge in [-0.3, -0.25) is 9.69 Å². The number of epoxide rings is 1. The predicted octanol–water partition coefficient (Wildman–Crippen LogP) is 3.12. The fraction of sp³-hybridized carbons (Fsp3) is 0.480. The number of rotatable bonds is 4. The van der Waals surface area contributed by atoms with Gasteiger partial charge in [-0.05, 0) is 62.5 Å². The van der Waals surface area contributed by atoms with Gasteiger partial charge < -0.3 is 19.8 Å². The van der Waals surface area contributed by atoms with Crippen molar-refractivity contribution in [3.05, 3.63) is 63.6 Å². The molecule has 3 aliphatic carbocycles. The van der Waals surface area contributed by atoms with Crippen LogP contribution in [0.5, 0.6) is 5.75 Å². The number of Topliss-reactive ketones (excluding diaryl/α,β-unsaturated/α-hetero) is 1. The minimum absolute atomic E-state index is 0.000414. The van der Waals surface area contributed by atoms with E-state index in [1.165, 1.54) is 0 Å². The Morgan fingerprint density at radius 3 is 2.66 bits per heavy atom. The van der Waals surface area contributed by atoms with Crippen molar-refractivity contribution < 1.29 is 24.6 Å². The standard InChI is InChI=1S/C25H30N2O5/c1-12-13(2)25-17(21(22(12)29)26(3)4)10-15-9-16-14(11-27(5)31-6)7-8-18(28)20(16)23(30)19(15)24(25)32-25/h7-8,15,17,21,28-29H,2,9-11H2,1,3-6H3/t15?,17-,21?,25-/m0/s1. The Bertz CT molecular complexity index is 1120. The number of aromatic hydroxyl groups is 1. The molecule has 1 spiro atoms. The first-order chi connectivity index (χ1) is 15.1. The number of nitrogens with zero attached hydrogens (tertiary/aromatic N) is 2. The summed E-state index contributed by atoms with van der Waals surface area (Å²) in [5, 5.41) is 23.3. The second-order valence-electron chi connectivity index (χ2n) is 9.62. The van der Waals surface area contributed by atoms with Crippen LogP contribution in [0, 0.1) is 11.8 Å². The highest BCUT2D eigenvalue weighted by molar-refractivity contribution is 6.14. The quantitative estimate of drug-likeness (QED) is 0.552. The first kappa shape index (κ1) is 21.2. The molecule has 5 rings (SSSR count). The van der Waals surface area contributed by atoms with Crippen molar-refractivity contribution in [2.24, 2.45) is 11.8 Å². The highest BCUT2D eigenvalue weighted by atomic mass is 16.7. The average Bonchev–Trinajstić information content (AvgIpc) is 3.50. The van der Waals surface area contributed by atoms with Crippen LogP contribution in [0.1, 0.15) is 34.8 Å². The van der Waals surface area contributed by atoms with E-state index in [9.17, 15) is 15.0 Å². The van der Waals surface area contributed by atoms with E-state index in [0.29, 0.717) is 42.0 Å². The summed E-state index contributed by atoms with van der Waals surface area (Å²) >= 11 is 0. The molecule has 7 nitrogen and oxygen atoms in total. The Hall–Kier alpha value is -2.61. The first-order valence-electron chi connectivity index (χ1n) is 11.0. The lowest BCUT2D eigenvalue weighted by molar-refractivity contribution is -0.116. The number of ether oxygens (including phenoxy) is 1. The lowest BCUT2D eigenvalue weighted by Crippen LogP contribution is -2.51. The molecule has 7 heteroatoms. The smallest absolute Gasteiger partial charge is 0.196 e. The third kappa shape index (κ3) is 2.62. The molecule has 0 bridgehead atoms. The number of carbonyl (C=O) groups excluding carboxylic acids is 1. The maximum Gasteiger partial charge on any atom is 0.196 e. The number of likely N-dealkylation sites (N-methyl/N-ethyl adjacent to an activating group) is 1. The molecule has 1 aliphatic heterocycles. The maximum absolute atomic E-state index is 13.7. The van der Waals surface area contributed by atoms with Crippen LogP contribution in [0.15, 0.2) is 46.9 Å². The molecule has 0 amide bonds. The maximum atomic E-state index is 13.7. The number of hydrogen-bond acceptors (Lipinski definition) is 7. The lowest BCUT2D eigenvalue weighted by Gasteiger charge is -2.44. The number of allylic oxidation sites excluding steroid dienone is 1. The summed E-state index contributed by atoms with van der Waals surface area (Å²) in [6.45, 7) is 6.61. The van der Waals surface area contributed by atoms with Crippen LogP contribution in [-0.4, -0.2) is 65.9 Å². The zero-order chi connectivity index (χ0) is 23.1. The zero-order valence-corrected chi connectivity index (χ0v) is 19.2. The van der Waals surface area contributed by atoms with Gasteiger partial charge in [0.1, 0.15) is 11.5 Å². The highest BCUT2D eigenvalue weighted by Crippen LogP contribution is 2.66. The van der Waals surface area contributed by atoms with E-state index in [-0.39, 0.29) is 29.4 Å². The van der Waals surface area contributed by atoms with Crippen molar-refractivity contribution in [2.45, 2.75) is 38.0 Å². The summed E-state index contributed by atoms with van der Waals surface area (Å²) in [7, 11) is 7.34. The largest absolute Gasteiger partial charge is 0.510 e. The molecule has 0 aromatic heterocycles. The van der Waals surface area contributed by atoms with Gasteiger partial charge in [0.2, 0.25) is 0 Å². The van der Waals surface area contributed by atoms with E-state index in [0.717, 1.165) is 22.3 Å². The highest BCUT2D eigenvalue weighted by Gasteiger charge is 2.70. The number of aliphatic hydroxyl groups excluding tert-OH is 1. The number of fused-ring (bicyclic) bond motifs is 2. The number of ketones is 1. The van der Waals surface area contributed by atoms with Gasteiger partial charge in [0, 0.05) is 30.7 Å². The molecule has 1 aromatic rings. The van der Waals surface area contributed by atoms with Gasteiger partial charge >= 0.3 is 0 Å². The number of benzene rings is 1. The SMILES string of the molecule is C=C1C(C)=C(O)C(N(C)C)[C@@H]2CC3Cc4c(CN(C)OC)ccc(O)c4C(=O)C3=C3O[C@]132. The number of phenolic OH excluding ortho intramolecular Hbond substituents is 1. The van der Waals surface area contributed by atoms with Crippen molar-refractivity contribution in [3.8, 4) is 5.75 Å². The number of hydroxylamine groups is 2. The van der Waals surface area contributed by atoms with Gasteiger partial charge in [0.25, 0.3) is 0 Å². The van der Waals surface area contributed by atoms with Crippen LogP contribution < -0.4 is 0 Å². The third-order valence-corrected chi connectivity index (χ3v) is 7.79. The molecule has 2 unspecified atom stereocenters. The Balaban J connectivity index is 1.64. The number of hydrogen-bond donors (Lipinski definition) is 2. The van der Waals surface area contributed by atoms with Crippen LogP contribution in [0.4, 0.5) is 0 Å². The minimum Gasteiger partial charge on any atom is -0.510 e. The van der Waals surface area contributed by atoms with E-state index in [1.54, 1.807) is 18.2 Å². The second kappa shape index (κ2) is 6.94. The van der Waals surface area contributed by atoms with E-state index in [2.05, 4.69) is 6.58 Å². The van der Waals surface area contributed by atoms with Crippen molar-refractivity contribution in [3.63, 3.8) is 0 Å². The Morgan fingerprint density at radius 1 is 1.28 bits per heavy atom. The summed E-state index contributed by atoms with van der Waals surface area (Å²) in [5.41, 5.74) is 3.60. The molecule has 170 valence electrons. The summed E-state index contributed by atoms with van der Waals surface area (Å²) in [5.74, 6) is 0.772. The van der Waals surface area contributed by atoms with Crippen molar-refractivity contribution in [2.75, 3.05) is 28.3 Å². The molecule has 32 heavy (non-hydrogen) atoms. The van der Waals surface area contributed by atoms with Crippen molar-refractivity contribution in [1.29, 1.82) is 0 Å². The summed E-state index contributed by atoms with van der Waals surface area (Å²) in [6.07, 6.45) is 1.33. The molecule has 1 saturated heterocycles. The summed E-state index contributed by atoms with van der Waals surface area (Å²) in [4.78, 5) is 21.0. The Kier molecular flexibility index (Phi) is 4.61. The van der Waals surface area contributed by atoms with Gasteiger partial charge in [0.15, 0.2) is 17.1 Å². The van der Waals surface area contributed by atoms with Crippen molar-refractivity contribution in [1.82, 2.24) is 9.96 Å². The van der Waals surface area contributed by atoms with Crippen LogP contribution in [0.25, 0.3) is 0 Å². The molecule has 1 heterocycles. The lowest BCUT2D eigenvalue weighted by atomic mass is 9.61. The number of aliphatic hydroxyl groups is 1. The third-order valence-electron chi connectivity index (χ3n) is 7.79. The van der Waals surface area contributed by atoms with Crippen LogP contribution >= 0.6 is 0 Å². The normalized spacial score (nSPS) is 30.8. The predicted molar refractivity (Wildman–Crippen MR) is 119 cm³/mol. The molecule has 0 saturated carbocycles. The second-order valence-corrected chi connectivity index (χ2v) is 9.62. The Morgan fingerprint density at radius 2 is 2.00 bits per heavy atom. The fourth-order valence-electron chi connectivity index (χ4n) is 6.11. The molecule has 0 radical (unpaired) electrons. The van der Waals surface area contributed by atoms with E-state index in [1.807, 2.05) is 39.0 Å². The van der Waals surface area contributed by atoms with E-state index in [4.69, 9.17) is 9.57 Å². The topological polar surface area (TPSA) is 85.8 Å². The average molecular weight is 439 g/mol. The molecular formula is C25H30N2O5. The minimum atomic E-state index is -0.728. The summed E-state index contributed by atoms with van der Waals surface area (Å²) < 4.78 is 6.27. The fourth-order valence-corrected chi connectivity index (χ4v) is 6.11. The summed E-state index contributed by atoms with van der Waals surface area (Å²) in [6, 6.07) is 3.24. The number of carbonyl (C=O) groups is 1. The molecule has 4 atom stereocenters. The van der Waals surface area contributed by atoms with Gasteiger partial charge in [-0.1, -0.05) is 12.6 Å². The molecule has 4 aliphatic rings. The van der Waals surface area contributed by atoms with Crippen LogP contribution in [-0.2, 0) is 22.5 Å². The van der Waals surface area contributed by atoms with Gasteiger partial charge in [-0.15, -0.1) is 0 Å². The van der Waals surface area contributed by atoms with Crippen molar-refractivity contribution >= 4 is 5.78 Å². The van der Waals surface area contributed by atoms with Crippen LogP contribution in [0.3, 0.4) is 0 Å².